The van der Waals surface area contributed by atoms with Crippen LogP contribution in [-0.4, -0.2) is 14.3 Å². The van der Waals surface area contributed by atoms with Crippen molar-refractivity contribution in [3.05, 3.63) is 84.3 Å². The first-order valence-corrected chi connectivity index (χ1v) is 9.16. The molecule has 0 saturated carbocycles. The molecule has 0 spiro atoms. The van der Waals surface area contributed by atoms with E-state index in [0.717, 1.165) is 0 Å². The van der Waals surface area contributed by atoms with Gasteiger partial charge in [-0.1, -0.05) is 24.3 Å². The zero-order chi connectivity index (χ0) is 17.7. The molecule has 0 aliphatic heterocycles. The standard InChI is InChI=1S/C18H16N2O4S/c21-18(19-15-7-2-1-3-8-15)14-6-4-9-16(12-14)20-25(22,23)13-17-10-5-11-24-17/h1-12,20H,13H2,(H,19,21). The molecule has 0 atom stereocenters. The first-order chi connectivity index (χ1) is 12.0. The summed E-state index contributed by atoms with van der Waals surface area (Å²) in [6.45, 7) is 0. The molecule has 0 radical (unpaired) electrons. The van der Waals surface area contributed by atoms with Crippen molar-refractivity contribution in [3.63, 3.8) is 0 Å². The molecule has 128 valence electrons. The van der Waals surface area contributed by atoms with Gasteiger partial charge in [-0.2, -0.15) is 0 Å². The largest absolute Gasteiger partial charge is 0.468 e. The van der Waals surface area contributed by atoms with Crippen molar-refractivity contribution in [1.82, 2.24) is 0 Å². The molecular formula is C18H16N2O4S. The van der Waals surface area contributed by atoms with Crippen LogP contribution in [0, 0.1) is 0 Å². The van der Waals surface area contributed by atoms with Crippen molar-refractivity contribution in [2.75, 3.05) is 10.0 Å². The summed E-state index contributed by atoms with van der Waals surface area (Å²) in [4.78, 5) is 12.3. The lowest BCUT2D eigenvalue weighted by atomic mass is 10.2. The molecule has 0 fully saturated rings. The molecule has 0 aliphatic carbocycles. The van der Waals surface area contributed by atoms with Crippen LogP contribution in [0.5, 0.6) is 0 Å². The van der Waals surface area contributed by atoms with Gasteiger partial charge in [-0.05, 0) is 42.5 Å². The average molecular weight is 356 g/mol. The molecule has 3 rings (SSSR count). The molecule has 1 heterocycles. The van der Waals surface area contributed by atoms with E-state index in [1.54, 1.807) is 42.5 Å². The first kappa shape index (κ1) is 16.8. The summed E-state index contributed by atoms with van der Waals surface area (Å²) in [5.74, 6) is -0.260. The van der Waals surface area contributed by atoms with Crippen LogP contribution in [0.15, 0.2) is 77.4 Å². The maximum Gasteiger partial charge on any atom is 0.255 e. The molecule has 6 nitrogen and oxygen atoms in total. The van der Waals surface area contributed by atoms with Gasteiger partial charge in [-0.15, -0.1) is 0 Å². The van der Waals surface area contributed by atoms with E-state index >= 15 is 0 Å². The Balaban J connectivity index is 1.71. The van der Waals surface area contributed by atoms with Crippen molar-refractivity contribution in [2.24, 2.45) is 0 Å². The van der Waals surface area contributed by atoms with Crippen LogP contribution in [0.1, 0.15) is 16.1 Å². The number of hydrogen-bond donors (Lipinski definition) is 2. The predicted octanol–water partition coefficient (Wildman–Crippen LogP) is 3.47. The number of rotatable bonds is 6. The van der Waals surface area contributed by atoms with Gasteiger partial charge in [0.15, 0.2) is 0 Å². The number of carbonyl (C=O) groups excluding carboxylic acids is 1. The second kappa shape index (κ2) is 7.23. The van der Waals surface area contributed by atoms with E-state index in [-0.39, 0.29) is 11.7 Å². The van der Waals surface area contributed by atoms with Gasteiger partial charge < -0.3 is 9.73 Å². The fraction of sp³-hybridized carbons (Fsp3) is 0.0556. The average Bonchev–Trinajstić information content (AvgIpc) is 3.07. The molecule has 0 saturated heterocycles. The van der Waals surface area contributed by atoms with Crippen LogP contribution in [0.4, 0.5) is 11.4 Å². The van der Waals surface area contributed by atoms with Gasteiger partial charge in [-0.3, -0.25) is 9.52 Å². The molecule has 7 heteroatoms. The summed E-state index contributed by atoms with van der Waals surface area (Å²) in [6, 6.07) is 18.5. The third kappa shape index (κ3) is 4.71. The van der Waals surface area contributed by atoms with Gasteiger partial charge in [-0.25, -0.2) is 8.42 Å². The second-order valence-electron chi connectivity index (χ2n) is 5.34. The maximum atomic E-state index is 12.3. The van der Waals surface area contributed by atoms with Gasteiger partial charge in [0.05, 0.1) is 6.26 Å². The Morgan fingerprint density at radius 2 is 1.68 bits per heavy atom. The Morgan fingerprint density at radius 1 is 0.920 bits per heavy atom. The van der Waals surface area contributed by atoms with Gasteiger partial charge in [0.25, 0.3) is 5.91 Å². The van der Waals surface area contributed by atoms with E-state index in [1.807, 2.05) is 18.2 Å². The molecule has 0 aliphatic rings. The second-order valence-corrected chi connectivity index (χ2v) is 7.06. The minimum atomic E-state index is -3.63. The lowest BCUT2D eigenvalue weighted by molar-refractivity contribution is 0.102. The summed E-state index contributed by atoms with van der Waals surface area (Å²) in [5, 5.41) is 2.75. The zero-order valence-corrected chi connectivity index (χ0v) is 14.0. The van der Waals surface area contributed by atoms with E-state index in [4.69, 9.17) is 4.42 Å². The lowest BCUT2D eigenvalue weighted by Gasteiger charge is -2.09. The Bertz CT molecular complexity index is 952. The highest BCUT2D eigenvalue weighted by atomic mass is 32.2. The third-order valence-corrected chi connectivity index (χ3v) is 4.55. The van der Waals surface area contributed by atoms with Crippen LogP contribution >= 0.6 is 0 Å². The molecule has 0 bridgehead atoms. The predicted molar refractivity (Wildman–Crippen MR) is 95.8 cm³/mol. The highest BCUT2D eigenvalue weighted by molar-refractivity contribution is 7.91. The molecule has 3 aromatic rings. The Morgan fingerprint density at radius 3 is 2.40 bits per heavy atom. The fourth-order valence-corrected chi connectivity index (χ4v) is 3.34. The quantitative estimate of drug-likeness (QED) is 0.708. The lowest BCUT2D eigenvalue weighted by Crippen LogP contribution is -2.16. The minimum Gasteiger partial charge on any atom is -0.468 e. The number of anilines is 2. The molecular weight excluding hydrogens is 340 g/mol. The SMILES string of the molecule is O=C(Nc1ccccc1)c1cccc(NS(=O)(=O)Cc2ccco2)c1. The van der Waals surface area contributed by atoms with Crippen molar-refractivity contribution >= 4 is 27.3 Å². The van der Waals surface area contributed by atoms with Gasteiger partial charge >= 0.3 is 0 Å². The summed E-state index contributed by atoms with van der Waals surface area (Å²) < 4.78 is 31.8. The highest BCUT2D eigenvalue weighted by Gasteiger charge is 2.15. The zero-order valence-electron chi connectivity index (χ0n) is 13.2. The molecule has 0 unspecified atom stereocenters. The monoisotopic (exact) mass is 356 g/mol. The Hall–Kier alpha value is -3.06. The molecule has 2 N–H and O–H groups in total. The molecule has 1 aromatic heterocycles. The number of benzene rings is 2. The fourth-order valence-electron chi connectivity index (χ4n) is 2.25. The number of furan rings is 1. The normalized spacial score (nSPS) is 11.0. The molecule has 25 heavy (non-hydrogen) atoms. The maximum absolute atomic E-state index is 12.3. The number of hydrogen-bond acceptors (Lipinski definition) is 4. The van der Waals surface area contributed by atoms with Crippen LogP contribution in [0.25, 0.3) is 0 Å². The third-order valence-electron chi connectivity index (χ3n) is 3.34. The highest BCUT2D eigenvalue weighted by Crippen LogP contribution is 2.16. The summed E-state index contributed by atoms with van der Waals surface area (Å²) >= 11 is 0. The molecule has 1 amide bonds. The van der Waals surface area contributed by atoms with Crippen LogP contribution < -0.4 is 10.0 Å². The first-order valence-electron chi connectivity index (χ1n) is 7.51. The van der Waals surface area contributed by atoms with E-state index in [0.29, 0.717) is 22.7 Å². The molecule has 2 aromatic carbocycles. The Labute approximate surface area is 145 Å². The summed E-state index contributed by atoms with van der Waals surface area (Å²) in [7, 11) is -3.63. The summed E-state index contributed by atoms with van der Waals surface area (Å²) in [6.07, 6.45) is 1.42. The van der Waals surface area contributed by atoms with Crippen LogP contribution in [0.3, 0.4) is 0 Å². The van der Waals surface area contributed by atoms with E-state index in [9.17, 15) is 13.2 Å². The van der Waals surface area contributed by atoms with Gasteiger partial charge in [0.2, 0.25) is 10.0 Å². The Kier molecular flexibility index (Phi) is 4.85. The minimum absolute atomic E-state index is 0.277. The van der Waals surface area contributed by atoms with E-state index in [2.05, 4.69) is 10.0 Å². The van der Waals surface area contributed by atoms with E-state index in [1.165, 1.54) is 12.3 Å². The van der Waals surface area contributed by atoms with Gasteiger partial charge in [0.1, 0.15) is 11.5 Å². The van der Waals surface area contributed by atoms with Crippen molar-refractivity contribution in [2.45, 2.75) is 5.75 Å². The van der Waals surface area contributed by atoms with Crippen molar-refractivity contribution in [1.29, 1.82) is 0 Å². The van der Waals surface area contributed by atoms with Crippen LogP contribution in [-0.2, 0) is 15.8 Å². The number of sulfonamides is 1. The topological polar surface area (TPSA) is 88.4 Å². The van der Waals surface area contributed by atoms with Crippen molar-refractivity contribution < 1.29 is 17.6 Å². The smallest absolute Gasteiger partial charge is 0.255 e. The number of amides is 1. The van der Waals surface area contributed by atoms with Crippen LogP contribution in [0.2, 0.25) is 0 Å². The number of carbonyl (C=O) groups is 1. The number of nitrogens with one attached hydrogen (secondary N) is 2. The summed E-state index contributed by atoms with van der Waals surface area (Å²) in [5.41, 5.74) is 1.32. The van der Waals surface area contributed by atoms with E-state index < -0.39 is 10.0 Å². The van der Waals surface area contributed by atoms with Gasteiger partial charge in [0, 0.05) is 16.9 Å². The van der Waals surface area contributed by atoms with Crippen molar-refractivity contribution in [3.8, 4) is 0 Å². The number of para-hydroxylation sites is 1.